The molecule has 0 spiro atoms. The molecular formula is C8H11F2N3O. The summed E-state index contributed by atoms with van der Waals surface area (Å²) in [6.45, 7) is -0.645. The normalized spacial score (nSPS) is 10.9. The highest BCUT2D eigenvalue weighted by atomic mass is 19.3. The van der Waals surface area contributed by atoms with Crippen LogP contribution in [0.5, 0.6) is 0 Å². The summed E-state index contributed by atoms with van der Waals surface area (Å²) in [6, 6.07) is 0. The van der Waals surface area contributed by atoms with Gasteiger partial charge in [-0.25, -0.2) is 8.78 Å². The molecule has 1 heterocycles. The zero-order valence-corrected chi connectivity index (χ0v) is 7.37. The maximum absolute atomic E-state index is 12.6. The fourth-order valence-electron chi connectivity index (χ4n) is 1.22. The Kier molecular flexibility index (Phi) is 3.32. The number of hydrogen-bond acceptors (Lipinski definition) is 4. The largest absolute Gasteiger partial charge is 0.397 e. The van der Waals surface area contributed by atoms with Crippen LogP contribution >= 0.6 is 0 Å². The Morgan fingerprint density at radius 2 is 2.14 bits per heavy atom. The second-order valence-corrected chi connectivity index (χ2v) is 2.72. The predicted octanol–water partition coefficient (Wildman–Crippen LogP) is 0.552. The second kappa shape index (κ2) is 4.30. The average molecular weight is 203 g/mol. The van der Waals surface area contributed by atoms with Crippen molar-refractivity contribution in [2.75, 3.05) is 5.73 Å². The maximum Gasteiger partial charge on any atom is 0.266 e. The van der Waals surface area contributed by atoms with E-state index in [0.717, 1.165) is 0 Å². The third kappa shape index (κ3) is 1.80. The fourth-order valence-corrected chi connectivity index (χ4v) is 1.22. The van der Waals surface area contributed by atoms with Crippen molar-refractivity contribution in [3.8, 4) is 0 Å². The molecule has 0 aliphatic heterocycles. The van der Waals surface area contributed by atoms with E-state index in [1.165, 1.54) is 6.20 Å². The van der Waals surface area contributed by atoms with E-state index in [1.54, 1.807) is 0 Å². The third-order valence-corrected chi connectivity index (χ3v) is 1.91. The van der Waals surface area contributed by atoms with Crippen molar-refractivity contribution in [2.45, 2.75) is 19.6 Å². The molecule has 0 saturated heterocycles. The number of pyridine rings is 1. The van der Waals surface area contributed by atoms with E-state index >= 15 is 0 Å². The van der Waals surface area contributed by atoms with Crippen LogP contribution in [-0.2, 0) is 13.2 Å². The van der Waals surface area contributed by atoms with E-state index < -0.39 is 13.0 Å². The maximum atomic E-state index is 12.6. The van der Waals surface area contributed by atoms with Gasteiger partial charge in [-0.1, -0.05) is 0 Å². The fraction of sp³-hybridized carbons (Fsp3) is 0.375. The molecular weight excluding hydrogens is 192 g/mol. The Morgan fingerprint density at radius 1 is 1.50 bits per heavy atom. The molecule has 0 atom stereocenters. The molecule has 1 aromatic heterocycles. The number of aliphatic hydroxyl groups excluding tert-OH is 1. The van der Waals surface area contributed by atoms with Crippen LogP contribution in [0.25, 0.3) is 0 Å². The lowest BCUT2D eigenvalue weighted by Crippen LogP contribution is -2.10. The summed E-state index contributed by atoms with van der Waals surface area (Å²) in [5, 5.41) is 8.89. The molecule has 0 unspecified atom stereocenters. The first-order chi connectivity index (χ1) is 6.61. The summed E-state index contributed by atoms with van der Waals surface area (Å²) in [5.41, 5.74) is 10.4. The van der Waals surface area contributed by atoms with Gasteiger partial charge in [-0.15, -0.1) is 0 Å². The average Bonchev–Trinajstić information content (AvgIpc) is 2.17. The molecule has 6 heteroatoms. The third-order valence-electron chi connectivity index (χ3n) is 1.91. The molecule has 14 heavy (non-hydrogen) atoms. The van der Waals surface area contributed by atoms with Crippen molar-refractivity contribution in [3.63, 3.8) is 0 Å². The highest BCUT2D eigenvalue weighted by Crippen LogP contribution is 2.28. The van der Waals surface area contributed by atoms with E-state index in [-0.39, 0.29) is 29.1 Å². The molecule has 1 rings (SSSR count). The highest BCUT2D eigenvalue weighted by molar-refractivity contribution is 5.50. The Morgan fingerprint density at radius 3 is 2.57 bits per heavy atom. The van der Waals surface area contributed by atoms with Crippen LogP contribution in [-0.4, -0.2) is 10.1 Å². The number of hydrogen-bond donors (Lipinski definition) is 3. The number of alkyl halides is 2. The smallest absolute Gasteiger partial charge is 0.266 e. The minimum atomic E-state index is -2.73. The molecule has 0 bridgehead atoms. The topological polar surface area (TPSA) is 85.2 Å². The van der Waals surface area contributed by atoms with Crippen molar-refractivity contribution in [1.82, 2.24) is 4.98 Å². The molecule has 4 nitrogen and oxygen atoms in total. The van der Waals surface area contributed by atoms with E-state index in [1.807, 2.05) is 0 Å². The minimum Gasteiger partial charge on any atom is -0.397 e. The summed E-state index contributed by atoms with van der Waals surface area (Å²) in [7, 11) is 0. The van der Waals surface area contributed by atoms with Gasteiger partial charge in [0.05, 0.1) is 24.2 Å². The van der Waals surface area contributed by atoms with Crippen LogP contribution in [0.2, 0.25) is 0 Å². The first-order valence-electron chi connectivity index (χ1n) is 3.97. The lowest BCUT2D eigenvalue weighted by molar-refractivity contribution is 0.145. The Bertz CT molecular complexity index is 331. The predicted molar refractivity (Wildman–Crippen MR) is 47.4 cm³/mol. The SMILES string of the molecule is NCc1ncc(N)c(CO)c1C(F)F. The molecule has 1 aromatic rings. The van der Waals surface area contributed by atoms with Gasteiger partial charge in [-0.05, 0) is 0 Å². The highest BCUT2D eigenvalue weighted by Gasteiger charge is 2.19. The molecule has 5 N–H and O–H groups in total. The van der Waals surface area contributed by atoms with Gasteiger partial charge in [0.2, 0.25) is 0 Å². The van der Waals surface area contributed by atoms with Crippen molar-refractivity contribution >= 4 is 5.69 Å². The summed E-state index contributed by atoms with van der Waals surface area (Å²) < 4.78 is 25.2. The molecule has 78 valence electrons. The first-order valence-corrected chi connectivity index (χ1v) is 3.97. The van der Waals surface area contributed by atoms with Gasteiger partial charge in [0.15, 0.2) is 0 Å². The molecule has 0 amide bonds. The Labute approximate surface area is 79.6 Å². The van der Waals surface area contributed by atoms with Crippen LogP contribution < -0.4 is 11.5 Å². The van der Waals surface area contributed by atoms with Crippen LogP contribution in [0.1, 0.15) is 23.2 Å². The van der Waals surface area contributed by atoms with Crippen molar-refractivity contribution in [1.29, 1.82) is 0 Å². The zero-order valence-electron chi connectivity index (χ0n) is 7.37. The van der Waals surface area contributed by atoms with Gasteiger partial charge in [0.1, 0.15) is 0 Å². The van der Waals surface area contributed by atoms with Crippen molar-refractivity contribution in [2.24, 2.45) is 5.73 Å². The van der Waals surface area contributed by atoms with E-state index in [0.29, 0.717) is 0 Å². The zero-order chi connectivity index (χ0) is 10.7. The number of aliphatic hydroxyl groups is 1. The molecule has 0 aliphatic carbocycles. The van der Waals surface area contributed by atoms with E-state index in [4.69, 9.17) is 16.6 Å². The van der Waals surface area contributed by atoms with Gasteiger partial charge in [-0.2, -0.15) is 0 Å². The van der Waals surface area contributed by atoms with Crippen LogP contribution in [0.3, 0.4) is 0 Å². The summed E-state index contributed by atoms with van der Waals surface area (Å²) in [5.74, 6) is 0. The van der Waals surface area contributed by atoms with Crippen molar-refractivity contribution in [3.05, 3.63) is 23.0 Å². The second-order valence-electron chi connectivity index (χ2n) is 2.72. The first kappa shape index (κ1) is 10.8. The van der Waals surface area contributed by atoms with E-state index in [2.05, 4.69) is 4.98 Å². The number of halogens is 2. The minimum absolute atomic E-state index is 0.00968. The van der Waals surface area contributed by atoms with Crippen LogP contribution in [0.4, 0.5) is 14.5 Å². The summed E-state index contributed by atoms with van der Waals surface area (Å²) >= 11 is 0. The standard InChI is InChI=1S/C8H11F2N3O/c9-8(10)7-4(3-14)5(12)2-13-6(7)1-11/h2,8,14H,1,3,11-12H2. The molecule has 0 fully saturated rings. The number of anilines is 1. The molecule has 0 aromatic carbocycles. The van der Waals surface area contributed by atoms with Crippen LogP contribution in [0.15, 0.2) is 6.20 Å². The Hall–Kier alpha value is -1.27. The number of aromatic nitrogens is 1. The summed E-state index contributed by atoms with van der Waals surface area (Å²) in [6.07, 6.45) is -1.51. The van der Waals surface area contributed by atoms with Gasteiger partial charge in [0, 0.05) is 17.7 Å². The van der Waals surface area contributed by atoms with Gasteiger partial charge >= 0.3 is 0 Å². The number of rotatable bonds is 3. The Balaban J connectivity index is 3.36. The quantitative estimate of drug-likeness (QED) is 0.669. The molecule has 0 aliphatic rings. The lowest BCUT2D eigenvalue weighted by Gasteiger charge is -2.12. The van der Waals surface area contributed by atoms with E-state index in [9.17, 15) is 8.78 Å². The van der Waals surface area contributed by atoms with Gasteiger partial charge in [0.25, 0.3) is 6.43 Å². The van der Waals surface area contributed by atoms with Gasteiger partial charge in [-0.3, -0.25) is 4.98 Å². The molecule has 0 radical (unpaired) electrons. The molecule has 0 saturated carbocycles. The number of nitrogens with zero attached hydrogens (tertiary/aromatic N) is 1. The lowest BCUT2D eigenvalue weighted by atomic mass is 10.1. The van der Waals surface area contributed by atoms with Crippen LogP contribution in [0, 0.1) is 0 Å². The number of nitrogen functional groups attached to an aromatic ring is 1. The van der Waals surface area contributed by atoms with Gasteiger partial charge < -0.3 is 16.6 Å². The summed E-state index contributed by atoms with van der Waals surface area (Å²) in [4.78, 5) is 3.69. The number of nitrogens with two attached hydrogens (primary N) is 2. The van der Waals surface area contributed by atoms with Crippen molar-refractivity contribution < 1.29 is 13.9 Å². The monoisotopic (exact) mass is 203 g/mol.